The van der Waals surface area contributed by atoms with Crippen LogP contribution in [0.3, 0.4) is 0 Å². The van der Waals surface area contributed by atoms with E-state index in [1.165, 1.54) is 0 Å². The minimum absolute atomic E-state index is 0.338. The highest BCUT2D eigenvalue weighted by Gasteiger charge is 2.28. The Bertz CT molecular complexity index is 661. The average Bonchev–Trinajstić information content (AvgIpc) is 2.64. The zero-order chi connectivity index (χ0) is 12.0. The Morgan fingerprint density at radius 1 is 1.06 bits per heavy atom. The fourth-order valence-corrected chi connectivity index (χ4v) is 2.09. The summed E-state index contributed by atoms with van der Waals surface area (Å²) in [5.41, 5.74) is 0.863. The monoisotopic (exact) mass is 227 g/mol. The van der Waals surface area contributed by atoms with Gasteiger partial charge in [-0.2, -0.15) is 0 Å². The fourth-order valence-electron chi connectivity index (χ4n) is 2.09. The molecule has 0 spiro atoms. The molecule has 0 atom stereocenters. The first-order valence-electron chi connectivity index (χ1n) is 5.17. The fraction of sp³-hybridized carbons (Fsp3) is 0.0769. The van der Waals surface area contributed by atoms with Crippen LogP contribution in [0.25, 0.3) is 10.8 Å². The van der Waals surface area contributed by atoms with Crippen molar-refractivity contribution in [1.29, 1.82) is 0 Å². The van der Waals surface area contributed by atoms with Gasteiger partial charge >= 0.3 is 0 Å². The third-order valence-corrected chi connectivity index (χ3v) is 2.93. The summed E-state index contributed by atoms with van der Waals surface area (Å²) >= 11 is 0. The van der Waals surface area contributed by atoms with E-state index in [2.05, 4.69) is 5.32 Å². The summed E-state index contributed by atoms with van der Waals surface area (Å²) < 4.78 is 5.13. The first kappa shape index (κ1) is 9.84. The van der Waals surface area contributed by atoms with Crippen molar-refractivity contribution in [3.8, 4) is 5.75 Å². The zero-order valence-corrected chi connectivity index (χ0v) is 9.11. The molecule has 2 aromatic carbocycles. The summed E-state index contributed by atoms with van der Waals surface area (Å²) in [6.45, 7) is 0. The molecule has 0 aliphatic carbocycles. The van der Waals surface area contributed by atoms with Gasteiger partial charge in [0.2, 0.25) is 0 Å². The van der Waals surface area contributed by atoms with Crippen LogP contribution in [0.15, 0.2) is 30.3 Å². The van der Waals surface area contributed by atoms with Crippen LogP contribution in [-0.4, -0.2) is 18.9 Å². The highest BCUT2D eigenvalue weighted by atomic mass is 16.5. The van der Waals surface area contributed by atoms with E-state index in [0.29, 0.717) is 16.9 Å². The second kappa shape index (κ2) is 3.31. The number of hydrogen-bond donors (Lipinski definition) is 1. The first-order valence-corrected chi connectivity index (χ1v) is 5.17. The van der Waals surface area contributed by atoms with Crippen LogP contribution in [0.4, 0.5) is 0 Å². The predicted octanol–water partition coefficient (Wildman–Crippen LogP) is 1.73. The molecule has 1 aliphatic rings. The number of carbonyl (C=O) groups excluding carboxylic acids is 2. The normalized spacial score (nSPS) is 13.7. The molecule has 2 aromatic rings. The Hall–Kier alpha value is -2.36. The largest absolute Gasteiger partial charge is 0.497 e. The van der Waals surface area contributed by atoms with Gasteiger partial charge in [0, 0.05) is 0 Å². The van der Waals surface area contributed by atoms with Crippen molar-refractivity contribution in [2.24, 2.45) is 0 Å². The summed E-state index contributed by atoms with van der Waals surface area (Å²) in [5, 5.41) is 3.95. The van der Waals surface area contributed by atoms with Crippen molar-refractivity contribution >= 4 is 22.6 Å². The van der Waals surface area contributed by atoms with Crippen LogP contribution >= 0.6 is 0 Å². The zero-order valence-electron chi connectivity index (χ0n) is 9.11. The molecule has 1 heterocycles. The van der Waals surface area contributed by atoms with E-state index in [-0.39, 0.29) is 11.8 Å². The molecule has 0 saturated carbocycles. The maximum Gasteiger partial charge on any atom is 0.259 e. The molecular weight excluding hydrogens is 218 g/mol. The van der Waals surface area contributed by atoms with Gasteiger partial charge in [0.05, 0.1) is 18.2 Å². The van der Waals surface area contributed by atoms with E-state index in [9.17, 15) is 9.59 Å². The summed E-state index contributed by atoms with van der Waals surface area (Å²) in [5.74, 6) is -0.0170. The number of ether oxygens (including phenoxy) is 1. The van der Waals surface area contributed by atoms with Gasteiger partial charge in [-0.15, -0.1) is 0 Å². The summed E-state index contributed by atoms with van der Waals surface area (Å²) in [6.07, 6.45) is 0. The maximum atomic E-state index is 11.7. The summed E-state index contributed by atoms with van der Waals surface area (Å²) in [6, 6.07) is 8.95. The highest BCUT2D eigenvalue weighted by molar-refractivity contribution is 6.26. The molecule has 0 fully saturated rings. The van der Waals surface area contributed by atoms with Crippen LogP contribution in [0.1, 0.15) is 20.7 Å². The van der Waals surface area contributed by atoms with Crippen LogP contribution < -0.4 is 10.1 Å². The van der Waals surface area contributed by atoms with Crippen molar-refractivity contribution < 1.29 is 14.3 Å². The van der Waals surface area contributed by atoms with Crippen molar-refractivity contribution in [2.75, 3.05) is 7.11 Å². The smallest absolute Gasteiger partial charge is 0.259 e. The lowest BCUT2D eigenvalue weighted by molar-refractivity contribution is 0.0880. The molecule has 84 valence electrons. The van der Waals surface area contributed by atoms with Crippen LogP contribution in [-0.2, 0) is 0 Å². The van der Waals surface area contributed by atoms with Crippen molar-refractivity contribution in [1.82, 2.24) is 5.32 Å². The standard InChI is InChI=1S/C13H9NO3/c1-17-8-4-2-7-3-5-9-11(10(7)6-8)13(16)14-12(9)15/h2-6H,1H3,(H,14,15,16). The van der Waals surface area contributed by atoms with E-state index < -0.39 is 0 Å². The topological polar surface area (TPSA) is 55.4 Å². The Morgan fingerprint density at radius 2 is 1.82 bits per heavy atom. The van der Waals surface area contributed by atoms with Gasteiger partial charge in [-0.3, -0.25) is 14.9 Å². The molecule has 17 heavy (non-hydrogen) atoms. The minimum Gasteiger partial charge on any atom is -0.497 e. The van der Waals surface area contributed by atoms with Crippen molar-refractivity contribution in [2.45, 2.75) is 0 Å². The SMILES string of the molecule is COc1ccc2ccc3c(c2c1)C(=O)NC3=O. The number of imide groups is 1. The highest BCUT2D eigenvalue weighted by Crippen LogP contribution is 2.28. The van der Waals surface area contributed by atoms with Crippen LogP contribution in [0.2, 0.25) is 0 Å². The molecule has 0 saturated heterocycles. The summed E-state index contributed by atoms with van der Waals surface area (Å²) in [4.78, 5) is 23.2. The second-order valence-corrected chi connectivity index (χ2v) is 3.86. The minimum atomic E-state index is -0.344. The van der Waals surface area contributed by atoms with E-state index in [1.807, 2.05) is 18.2 Å². The Kier molecular flexibility index (Phi) is 1.92. The first-order chi connectivity index (χ1) is 8.20. The average molecular weight is 227 g/mol. The Labute approximate surface area is 97.2 Å². The van der Waals surface area contributed by atoms with E-state index in [1.54, 1.807) is 19.2 Å². The van der Waals surface area contributed by atoms with Gasteiger partial charge < -0.3 is 4.74 Å². The van der Waals surface area contributed by atoms with Crippen molar-refractivity contribution in [3.05, 3.63) is 41.5 Å². The third kappa shape index (κ3) is 1.30. The van der Waals surface area contributed by atoms with E-state index in [0.717, 1.165) is 10.8 Å². The Balaban J connectivity index is 2.40. The molecule has 1 N–H and O–H groups in total. The molecule has 4 nitrogen and oxygen atoms in total. The van der Waals surface area contributed by atoms with Gasteiger partial charge in [0.15, 0.2) is 0 Å². The number of nitrogens with one attached hydrogen (secondary N) is 1. The number of fused-ring (bicyclic) bond motifs is 3. The number of methoxy groups -OCH3 is 1. The molecule has 0 aromatic heterocycles. The van der Waals surface area contributed by atoms with Gasteiger partial charge in [0.25, 0.3) is 11.8 Å². The lowest BCUT2D eigenvalue weighted by Crippen LogP contribution is -2.19. The molecule has 0 radical (unpaired) electrons. The number of carbonyl (C=O) groups is 2. The molecule has 2 amide bonds. The number of hydrogen-bond acceptors (Lipinski definition) is 3. The van der Waals surface area contributed by atoms with Gasteiger partial charge in [0.1, 0.15) is 5.75 Å². The molecule has 0 bridgehead atoms. The number of amides is 2. The van der Waals surface area contributed by atoms with Crippen molar-refractivity contribution in [3.63, 3.8) is 0 Å². The predicted molar refractivity (Wildman–Crippen MR) is 62.3 cm³/mol. The lowest BCUT2D eigenvalue weighted by atomic mass is 10.0. The van der Waals surface area contributed by atoms with Crippen LogP contribution in [0.5, 0.6) is 5.75 Å². The van der Waals surface area contributed by atoms with Gasteiger partial charge in [-0.25, -0.2) is 0 Å². The Morgan fingerprint density at radius 3 is 2.59 bits per heavy atom. The lowest BCUT2D eigenvalue weighted by Gasteiger charge is -2.05. The van der Waals surface area contributed by atoms with Crippen LogP contribution in [0, 0.1) is 0 Å². The molecular formula is C13H9NO3. The number of benzene rings is 2. The quantitative estimate of drug-likeness (QED) is 0.755. The molecule has 4 heteroatoms. The molecule has 1 aliphatic heterocycles. The molecule has 0 unspecified atom stereocenters. The molecule has 3 rings (SSSR count). The van der Waals surface area contributed by atoms with Gasteiger partial charge in [-0.1, -0.05) is 12.1 Å². The number of rotatable bonds is 1. The maximum absolute atomic E-state index is 11.7. The van der Waals surface area contributed by atoms with E-state index >= 15 is 0 Å². The van der Waals surface area contributed by atoms with E-state index in [4.69, 9.17) is 4.74 Å². The third-order valence-electron chi connectivity index (χ3n) is 2.93. The summed E-state index contributed by atoms with van der Waals surface area (Å²) in [7, 11) is 1.57. The van der Waals surface area contributed by atoms with Gasteiger partial charge in [-0.05, 0) is 29.0 Å². The second-order valence-electron chi connectivity index (χ2n) is 3.86.